The molecule has 1 unspecified atom stereocenters. The Hall–Kier alpha value is -0.720. The molecular weight excluding hydrogens is 252 g/mol. The molecule has 6 heteroatoms. The van der Waals surface area contributed by atoms with Crippen LogP contribution in [-0.4, -0.2) is 40.1 Å². The maximum absolute atomic E-state index is 11.7. The van der Waals surface area contributed by atoms with E-state index in [1.165, 1.54) is 0 Å². The molecule has 0 spiro atoms. The van der Waals surface area contributed by atoms with Crippen LogP contribution in [0.15, 0.2) is 12.2 Å². The number of nitrogens with one attached hydrogen (secondary N) is 2. The summed E-state index contributed by atoms with van der Waals surface area (Å²) in [5, 5.41) is 2.98. The van der Waals surface area contributed by atoms with Crippen molar-refractivity contribution in [3.63, 3.8) is 0 Å². The lowest BCUT2D eigenvalue weighted by Crippen LogP contribution is -2.34. The lowest BCUT2D eigenvalue weighted by molar-refractivity contribution is -0.117. The Labute approximate surface area is 110 Å². The van der Waals surface area contributed by atoms with Gasteiger partial charge in [0, 0.05) is 6.54 Å². The van der Waals surface area contributed by atoms with Gasteiger partial charge in [-0.1, -0.05) is 19.4 Å². The van der Waals surface area contributed by atoms with Crippen LogP contribution in [0.4, 0.5) is 0 Å². The van der Waals surface area contributed by atoms with Gasteiger partial charge < -0.3 is 5.32 Å². The number of unbranched alkanes of at least 4 members (excludes halogenated alkanes) is 2. The van der Waals surface area contributed by atoms with Crippen molar-refractivity contribution in [3.8, 4) is 0 Å². The zero-order valence-electron chi connectivity index (χ0n) is 11.5. The van der Waals surface area contributed by atoms with Crippen molar-refractivity contribution >= 4 is 15.8 Å². The third kappa shape index (κ3) is 8.38. The quantitative estimate of drug-likeness (QED) is 0.458. The molecule has 0 fully saturated rings. The predicted molar refractivity (Wildman–Crippen MR) is 74.0 cm³/mol. The van der Waals surface area contributed by atoms with Gasteiger partial charge >= 0.3 is 0 Å². The van der Waals surface area contributed by atoms with Crippen LogP contribution in [0.5, 0.6) is 0 Å². The first-order valence-corrected chi connectivity index (χ1v) is 7.98. The smallest absolute Gasteiger partial charge is 0.208 e. The number of ketones is 1. The fourth-order valence-electron chi connectivity index (χ4n) is 1.61. The maximum atomic E-state index is 11.7. The zero-order chi connectivity index (χ0) is 14.2. The highest BCUT2D eigenvalue weighted by atomic mass is 32.2. The van der Waals surface area contributed by atoms with Crippen molar-refractivity contribution in [2.45, 2.75) is 38.6 Å². The molecule has 106 valence electrons. The average Bonchev–Trinajstić information content (AvgIpc) is 2.25. The molecule has 0 amide bonds. The number of sulfonamides is 1. The minimum Gasteiger partial charge on any atom is -0.310 e. The number of hydrogen-bond donors (Lipinski definition) is 2. The van der Waals surface area contributed by atoms with Crippen molar-refractivity contribution in [2.24, 2.45) is 0 Å². The standard InChI is InChI=1S/C12H24N2O3S/c1-10(2)12(15)11(13-3)8-6-5-7-9-14-18(4,16)17/h11,13-14H,1,5-9H2,2-4H3. The van der Waals surface area contributed by atoms with E-state index in [0.717, 1.165) is 31.9 Å². The minimum atomic E-state index is -3.09. The van der Waals surface area contributed by atoms with E-state index in [1.807, 2.05) is 0 Å². The number of Topliss-reactive ketones (excluding diaryl/α,β-unsaturated/α-hetero) is 1. The summed E-state index contributed by atoms with van der Waals surface area (Å²) in [6.45, 7) is 5.81. The molecule has 0 saturated carbocycles. The first-order valence-electron chi connectivity index (χ1n) is 6.09. The molecule has 0 bridgehead atoms. The second kappa shape index (κ2) is 8.39. The van der Waals surface area contributed by atoms with E-state index in [2.05, 4.69) is 16.6 Å². The summed E-state index contributed by atoms with van der Waals surface area (Å²) in [4.78, 5) is 11.7. The van der Waals surface area contributed by atoms with Gasteiger partial charge in [0.15, 0.2) is 5.78 Å². The molecule has 2 N–H and O–H groups in total. The van der Waals surface area contributed by atoms with Crippen LogP contribution in [0, 0.1) is 0 Å². The van der Waals surface area contributed by atoms with Crippen molar-refractivity contribution in [1.29, 1.82) is 0 Å². The van der Waals surface area contributed by atoms with E-state index in [-0.39, 0.29) is 11.8 Å². The average molecular weight is 276 g/mol. The number of likely N-dealkylation sites (N-methyl/N-ethyl adjacent to an activating group) is 1. The first-order chi connectivity index (χ1) is 8.28. The van der Waals surface area contributed by atoms with E-state index in [1.54, 1.807) is 14.0 Å². The highest BCUT2D eigenvalue weighted by molar-refractivity contribution is 7.88. The van der Waals surface area contributed by atoms with Gasteiger partial charge in [0.25, 0.3) is 0 Å². The van der Waals surface area contributed by atoms with E-state index in [4.69, 9.17) is 0 Å². The zero-order valence-corrected chi connectivity index (χ0v) is 12.3. The van der Waals surface area contributed by atoms with Gasteiger partial charge in [0.05, 0.1) is 12.3 Å². The molecule has 0 aromatic rings. The van der Waals surface area contributed by atoms with Gasteiger partial charge in [-0.3, -0.25) is 4.79 Å². The van der Waals surface area contributed by atoms with Crippen molar-refractivity contribution in [1.82, 2.24) is 10.0 Å². The number of rotatable bonds is 10. The van der Waals surface area contributed by atoms with Gasteiger partial charge in [-0.2, -0.15) is 0 Å². The van der Waals surface area contributed by atoms with Gasteiger partial charge in [-0.05, 0) is 32.4 Å². The van der Waals surface area contributed by atoms with Gasteiger partial charge in [0.1, 0.15) is 0 Å². The van der Waals surface area contributed by atoms with Crippen LogP contribution < -0.4 is 10.0 Å². The number of carbonyl (C=O) groups excluding carboxylic acids is 1. The van der Waals surface area contributed by atoms with Crippen LogP contribution in [0.2, 0.25) is 0 Å². The van der Waals surface area contributed by atoms with Crippen LogP contribution in [-0.2, 0) is 14.8 Å². The topological polar surface area (TPSA) is 75.3 Å². The van der Waals surface area contributed by atoms with Crippen molar-refractivity contribution in [2.75, 3.05) is 19.8 Å². The maximum Gasteiger partial charge on any atom is 0.208 e. The molecule has 1 atom stereocenters. The monoisotopic (exact) mass is 276 g/mol. The molecule has 18 heavy (non-hydrogen) atoms. The normalized spacial score (nSPS) is 13.3. The highest BCUT2D eigenvalue weighted by Crippen LogP contribution is 2.07. The van der Waals surface area contributed by atoms with Crippen molar-refractivity contribution in [3.05, 3.63) is 12.2 Å². The molecule has 0 aromatic heterocycles. The van der Waals surface area contributed by atoms with Crippen LogP contribution in [0.3, 0.4) is 0 Å². The third-order valence-electron chi connectivity index (χ3n) is 2.62. The first kappa shape index (κ1) is 17.3. The summed E-state index contributed by atoms with van der Waals surface area (Å²) in [6.07, 6.45) is 4.46. The second-order valence-corrected chi connectivity index (χ2v) is 6.33. The molecule has 0 aliphatic heterocycles. The second-order valence-electron chi connectivity index (χ2n) is 4.50. The van der Waals surface area contributed by atoms with Crippen LogP contribution in [0.25, 0.3) is 0 Å². The fraction of sp³-hybridized carbons (Fsp3) is 0.750. The van der Waals surface area contributed by atoms with Gasteiger partial charge in [-0.25, -0.2) is 13.1 Å². The minimum absolute atomic E-state index is 0.0479. The molecule has 0 heterocycles. The summed E-state index contributed by atoms with van der Waals surface area (Å²) in [6, 6.07) is -0.176. The molecule has 0 aliphatic rings. The number of carbonyl (C=O) groups is 1. The van der Waals surface area contributed by atoms with Gasteiger partial charge in [0.2, 0.25) is 10.0 Å². The Morgan fingerprint density at radius 3 is 2.33 bits per heavy atom. The Morgan fingerprint density at radius 1 is 1.28 bits per heavy atom. The van der Waals surface area contributed by atoms with E-state index in [9.17, 15) is 13.2 Å². The van der Waals surface area contributed by atoms with E-state index >= 15 is 0 Å². The lowest BCUT2D eigenvalue weighted by Gasteiger charge is -2.14. The fourth-order valence-corrected chi connectivity index (χ4v) is 2.13. The molecule has 5 nitrogen and oxygen atoms in total. The SMILES string of the molecule is C=C(C)C(=O)C(CCCCCNS(C)(=O)=O)NC. The van der Waals surface area contributed by atoms with E-state index < -0.39 is 10.0 Å². The summed E-state index contributed by atoms with van der Waals surface area (Å²) >= 11 is 0. The lowest BCUT2D eigenvalue weighted by atomic mass is 10.0. The van der Waals surface area contributed by atoms with Gasteiger partial charge in [-0.15, -0.1) is 0 Å². The van der Waals surface area contributed by atoms with Crippen LogP contribution >= 0.6 is 0 Å². The third-order valence-corrected chi connectivity index (χ3v) is 3.35. The Morgan fingerprint density at radius 2 is 1.89 bits per heavy atom. The van der Waals surface area contributed by atoms with Crippen LogP contribution in [0.1, 0.15) is 32.6 Å². The number of hydrogen-bond acceptors (Lipinski definition) is 4. The molecule has 0 rings (SSSR count). The molecular formula is C12H24N2O3S. The molecule has 0 saturated heterocycles. The van der Waals surface area contributed by atoms with E-state index in [0.29, 0.717) is 12.1 Å². The Kier molecular flexibility index (Phi) is 8.06. The van der Waals surface area contributed by atoms with Crippen molar-refractivity contribution < 1.29 is 13.2 Å². The largest absolute Gasteiger partial charge is 0.310 e. The molecule has 0 aliphatic carbocycles. The summed E-state index contributed by atoms with van der Waals surface area (Å²) < 4.78 is 24.1. The highest BCUT2D eigenvalue weighted by Gasteiger charge is 2.15. The molecule has 0 radical (unpaired) electrons. The summed E-state index contributed by atoms with van der Waals surface area (Å²) in [5.74, 6) is 0.0479. The summed E-state index contributed by atoms with van der Waals surface area (Å²) in [5.41, 5.74) is 0.563. The summed E-state index contributed by atoms with van der Waals surface area (Å²) in [7, 11) is -1.32. The Bertz CT molecular complexity index is 377. The Balaban J connectivity index is 3.76. The predicted octanol–water partition coefficient (Wildman–Crippen LogP) is 0.829. The molecule has 0 aromatic carbocycles.